The van der Waals surface area contributed by atoms with Crippen LogP contribution >= 0.6 is 11.6 Å². The van der Waals surface area contributed by atoms with Crippen molar-refractivity contribution in [2.24, 2.45) is 5.92 Å². The first-order chi connectivity index (χ1) is 15.2. The van der Waals surface area contributed by atoms with Crippen molar-refractivity contribution >= 4 is 27.5 Å². The number of hydrogen-bond donors (Lipinski definition) is 1. The van der Waals surface area contributed by atoms with Gasteiger partial charge in [0.25, 0.3) is 5.91 Å². The topological polar surface area (TPSA) is 75.7 Å². The van der Waals surface area contributed by atoms with Crippen molar-refractivity contribution in [1.82, 2.24) is 9.62 Å². The smallest absolute Gasteiger partial charge is 0.251 e. The van der Waals surface area contributed by atoms with E-state index in [1.165, 1.54) is 16.4 Å². The summed E-state index contributed by atoms with van der Waals surface area (Å²) in [7, 11) is -2.14. The van der Waals surface area contributed by atoms with Crippen LogP contribution in [0.25, 0.3) is 0 Å². The average Bonchev–Trinajstić information content (AvgIpc) is 2.79. The molecule has 0 spiro atoms. The second kappa shape index (κ2) is 10.7. The van der Waals surface area contributed by atoms with Gasteiger partial charge in [0.15, 0.2) is 0 Å². The third-order valence-electron chi connectivity index (χ3n) is 5.66. The van der Waals surface area contributed by atoms with Gasteiger partial charge in [-0.25, -0.2) is 8.42 Å². The zero-order valence-electron chi connectivity index (χ0n) is 18.8. The lowest BCUT2D eigenvalue weighted by Crippen LogP contribution is -2.36. The zero-order valence-corrected chi connectivity index (χ0v) is 20.4. The fourth-order valence-corrected chi connectivity index (χ4v) is 5.93. The SMILES string of the molecule is COc1ccc([C@H](CC(C)C)NC(=O)c2ccc(Cl)c(S(=O)(=O)N3CCCCC3)c2)cc1. The Balaban J connectivity index is 1.86. The Morgan fingerprint density at radius 2 is 1.75 bits per heavy atom. The molecule has 0 aromatic heterocycles. The first kappa shape index (κ1) is 24.6. The number of carbonyl (C=O) groups is 1. The molecule has 8 heteroatoms. The van der Waals surface area contributed by atoms with Crippen molar-refractivity contribution < 1.29 is 17.9 Å². The van der Waals surface area contributed by atoms with Crippen molar-refractivity contribution in [2.45, 2.75) is 50.5 Å². The molecule has 1 fully saturated rings. The minimum absolute atomic E-state index is 0.0152. The van der Waals surface area contributed by atoms with Gasteiger partial charge in [-0.1, -0.05) is 44.0 Å². The highest BCUT2D eigenvalue weighted by atomic mass is 35.5. The van der Waals surface area contributed by atoms with E-state index in [1.54, 1.807) is 13.2 Å². The van der Waals surface area contributed by atoms with Crippen LogP contribution in [-0.4, -0.2) is 38.8 Å². The lowest BCUT2D eigenvalue weighted by Gasteiger charge is -2.26. The minimum atomic E-state index is -3.75. The van der Waals surface area contributed by atoms with Gasteiger partial charge in [0, 0.05) is 18.7 Å². The second-order valence-corrected chi connectivity index (χ2v) is 10.9. The summed E-state index contributed by atoms with van der Waals surface area (Å²) < 4.78 is 32.9. The van der Waals surface area contributed by atoms with Crippen LogP contribution < -0.4 is 10.1 Å². The largest absolute Gasteiger partial charge is 0.497 e. The van der Waals surface area contributed by atoms with E-state index < -0.39 is 10.0 Å². The first-order valence-electron chi connectivity index (χ1n) is 11.0. The predicted octanol–water partition coefficient (Wildman–Crippen LogP) is 5.04. The van der Waals surface area contributed by atoms with E-state index in [1.807, 2.05) is 24.3 Å². The molecule has 1 aliphatic rings. The number of nitrogens with one attached hydrogen (secondary N) is 1. The quantitative estimate of drug-likeness (QED) is 0.576. The summed E-state index contributed by atoms with van der Waals surface area (Å²) in [6.07, 6.45) is 3.42. The van der Waals surface area contributed by atoms with Crippen LogP contribution in [0.3, 0.4) is 0 Å². The van der Waals surface area contributed by atoms with Gasteiger partial charge in [-0.15, -0.1) is 0 Å². The van der Waals surface area contributed by atoms with Crippen molar-refractivity contribution in [3.05, 3.63) is 58.6 Å². The molecule has 32 heavy (non-hydrogen) atoms. The van der Waals surface area contributed by atoms with Crippen molar-refractivity contribution in [2.75, 3.05) is 20.2 Å². The maximum absolute atomic E-state index is 13.1. The number of halogens is 1. The average molecular weight is 479 g/mol. The minimum Gasteiger partial charge on any atom is -0.497 e. The molecule has 6 nitrogen and oxygen atoms in total. The number of piperidine rings is 1. The zero-order chi connectivity index (χ0) is 23.3. The summed E-state index contributed by atoms with van der Waals surface area (Å²) in [6.45, 7) is 5.13. The van der Waals surface area contributed by atoms with E-state index in [2.05, 4.69) is 19.2 Å². The normalized spacial score (nSPS) is 16.0. The molecule has 174 valence electrons. The predicted molar refractivity (Wildman–Crippen MR) is 127 cm³/mol. The molecule has 2 aromatic rings. The highest BCUT2D eigenvalue weighted by Crippen LogP contribution is 2.29. The highest BCUT2D eigenvalue weighted by Gasteiger charge is 2.29. The van der Waals surface area contributed by atoms with Crippen molar-refractivity contribution in [3.63, 3.8) is 0 Å². The molecule has 0 aliphatic carbocycles. The standard InChI is InChI=1S/C24H31ClN2O4S/c1-17(2)15-22(18-7-10-20(31-3)11-8-18)26-24(28)19-9-12-21(25)23(16-19)32(29,30)27-13-5-4-6-14-27/h7-12,16-17,22H,4-6,13-15H2,1-3H3,(H,26,28)/t22-/m0/s1. The maximum Gasteiger partial charge on any atom is 0.251 e. The van der Waals surface area contributed by atoms with Crippen LogP contribution in [0, 0.1) is 5.92 Å². The molecule has 1 aliphatic heterocycles. The molecular formula is C24H31ClN2O4S. The number of amides is 1. The van der Waals surface area contributed by atoms with Gasteiger partial charge >= 0.3 is 0 Å². The molecule has 2 aromatic carbocycles. The van der Waals surface area contributed by atoms with Crippen LogP contribution in [-0.2, 0) is 10.0 Å². The fourth-order valence-electron chi connectivity index (χ4n) is 3.91. The molecule has 3 rings (SSSR count). The lowest BCUT2D eigenvalue weighted by atomic mass is 9.96. The van der Waals surface area contributed by atoms with E-state index in [-0.39, 0.29) is 27.4 Å². The van der Waals surface area contributed by atoms with Crippen LogP contribution in [0.15, 0.2) is 47.4 Å². The van der Waals surface area contributed by atoms with E-state index in [0.717, 1.165) is 37.0 Å². The number of rotatable bonds is 8. The first-order valence-corrected chi connectivity index (χ1v) is 12.8. The van der Waals surface area contributed by atoms with Crippen LogP contribution in [0.5, 0.6) is 5.75 Å². The third-order valence-corrected chi connectivity index (χ3v) is 8.04. The molecule has 1 amide bonds. The number of methoxy groups -OCH3 is 1. The molecule has 0 unspecified atom stereocenters. The third kappa shape index (κ3) is 5.82. The Labute approximate surface area is 196 Å². The molecule has 1 heterocycles. The summed E-state index contributed by atoms with van der Waals surface area (Å²) in [5.41, 5.74) is 1.23. The van der Waals surface area contributed by atoms with Gasteiger partial charge in [0.1, 0.15) is 10.6 Å². The Kier molecular flexibility index (Phi) is 8.20. The van der Waals surface area contributed by atoms with E-state index >= 15 is 0 Å². The summed E-state index contributed by atoms with van der Waals surface area (Å²) in [5, 5.41) is 3.19. The summed E-state index contributed by atoms with van der Waals surface area (Å²) >= 11 is 6.25. The van der Waals surface area contributed by atoms with E-state index in [9.17, 15) is 13.2 Å². The van der Waals surface area contributed by atoms with Crippen LogP contribution in [0.4, 0.5) is 0 Å². The monoisotopic (exact) mass is 478 g/mol. The lowest BCUT2D eigenvalue weighted by molar-refractivity contribution is 0.0931. The Morgan fingerprint density at radius 3 is 2.34 bits per heavy atom. The van der Waals surface area contributed by atoms with Gasteiger partial charge in [-0.3, -0.25) is 4.79 Å². The van der Waals surface area contributed by atoms with Gasteiger partial charge in [0.2, 0.25) is 10.0 Å². The second-order valence-electron chi connectivity index (χ2n) is 8.54. The Morgan fingerprint density at radius 1 is 1.09 bits per heavy atom. The Bertz CT molecular complexity index is 1030. The molecule has 1 N–H and O–H groups in total. The van der Waals surface area contributed by atoms with Gasteiger partial charge < -0.3 is 10.1 Å². The summed E-state index contributed by atoms with van der Waals surface area (Å²) in [5.74, 6) is 0.759. The molecule has 0 bridgehead atoms. The molecule has 0 saturated carbocycles. The van der Waals surface area contributed by atoms with Gasteiger partial charge in [-0.2, -0.15) is 4.31 Å². The van der Waals surface area contributed by atoms with Crippen LogP contribution in [0.1, 0.15) is 61.5 Å². The van der Waals surface area contributed by atoms with Gasteiger partial charge in [0.05, 0.1) is 18.2 Å². The highest BCUT2D eigenvalue weighted by molar-refractivity contribution is 7.89. The van der Waals surface area contributed by atoms with Crippen molar-refractivity contribution in [1.29, 1.82) is 0 Å². The number of ether oxygens (including phenoxy) is 1. The summed E-state index contributed by atoms with van der Waals surface area (Å²) in [6, 6.07) is 11.8. The van der Waals surface area contributed by atoms with Gasteiger partial charge in [-0.05, 0) is 61.1 Å². The fraction of sp³-hybridized carbons (Fsp3) is 0.458. The van der Waals surface area contributed by atoms with Crippen LogP contribution in [0.2, 0.25) is 5.02 Å². The number of carbonyl (C=O) groups excluding carboxylic acids is 1. The van der Waals surface area contributed by atoms with E-state index in [0.29, 0.717) is 19.0 Å². The number of sulfonamides is 1. The van der Waals surface area contributed by atoms with Crippen molar-refractivity contribution in [3.8, 4) is 5.75 Å². The summed E-state index contributed by atoms with van der Waals surface area (Å²) in [4.78, 5) is 13.1. The molecule has 1 saturated heterocycles. The number of nitrogens with zero attached hydrogens (tertiary/aromatic N) is 1. The molecular weight excluding hydrogens is 448 g/mol. The Hall–Kier alpha value is -2.09. The number of hydrogen-bond acceptors (Lipinski definition) is 4. The maximum atomic E-state index is 13.1. The molecule has 0 radical (unpaired) electrons. The number of benzene rings is 2. The van der Waals surface area contributed by atoms with E-state index in [4.69, 9.17) is 16.3 Å². The molecule has 1 atom stereocenters.